The second-order valence-corrected chi connectivity index (χ2v) is 5.88. The highest BCUT2D eigenvalue weighted by molar-refractivity contribution is 14.1. The molecule has 0 amide bonds. The molecule has 0 N–H and O–H groups in total. The van der Waals surface area contributed by atoms with Gasteiger partial charge in [-0.2, -0.15) is 0 Å². The van der Waals surface area contributed by atoms with Gasteiger partial charge in [-0.25, -0.2) is 0 Å². The van der Waals surface area contributed by atoms with Crippen molar-refractivity contribution in [3.8, 4) is 0 Å². The highest BCUT2D eigenvalue weighted by Crippen LogP contribution is 2.16. The van der Waals surface area contributed by atoms with Crippen molar-refractivity contribution in [1.29, 1.82) is 0 Å². The van der Waals surface area contributed by atoms with Crippen molar-refractivity contribution in [2.75, 3.05) is 20.6 Å². The van der Waals surface area contributed by atoms with Gasteiger partial charge in [0.1, 0.15) is 0 Å². The quantitative estimate of drug-likeness (QED) is 0.513. The lowest BCUT2D eigenvalue weighted by Crippen LogP contribution is -2.28. The van der Waals surface area contributed by atoms with E-state index in [4.69, 9.17) is 0 Å². The maximum absolute atomic E-state index is 2.45. The molecule has 0 saturated heterocycles. The Labute approximate surface area is 65.6 Å². The summed E-state index contributed by atoms with van der Waals surface area (Å²) >= 11 is 2.45. The third-order valence-corrected chi connectivity index (χ3v) is 1.03. The van der Waals surface area contributed by atoms with E-state index in [1.54, 1.807) is 0 Å². The van der Waals surface area contributed by atoms with Crippen LogP contribution in [0.1, 0.15) is 13.8 Å². The highest BCUT2D eigenvalue weighted by atomic mass is 127. The van der Waals surface area contributed by atoms with Gasteiger partial charge in [-0.3, -0.25) is 0 Å². The molecule has 0 unspecified atom stereocenters. The van der Waals surface area contributed by atoms with Gasteiger partial charge in [-0.15, -0.1) is 0 Å². The van der Waals surface area contributed by atoms with Crippen molar-refractivity contribution in [2.24, 2.45) is 0 Å². The fourth-order valence-electron chi connectivity index (χ4n) is 0.752. The molecule has 2 heteroatoms. The van der Waals surface area contributed by atoms with E-state index in [0.717, 1.165) is 6.54 Å². The predicted molar refractivity (Wildman–Crippen MR) is 46.7 cm³/mol. The molecule has 0 saturated carbocycles. The third-order valence-electron chi connectivity index (χ3n) is 0.692. The van der Waals surface area contributed by atoms with Crippen LogP contribution < -0.4 is 0 Å². The Morgan fingerprint density at radius 1 is 1.38 bits per heavy atom. The van der Waals surface area contributed by atoms with Gasteiger partial charge in [0.05, 0.1) is 0 Å². The summed E-state index contributed by atoms with van der Waals surface area (Å²) in [5, 5.41) is 0. The van der Waals surface area contributed by atoms with Crippen LogP contribution in [0.5, 0.6) is 0 Å². The molecular formula is C6H14IN. The van der Waals surface area contributed by atoms with Gasteiger partial charge >= 0.3 is 0 Å². The van der Waals surface area contributed by atoms with Crippen molar-refractivity contribution >= 4 is 22.6 Å². The van der Waals surface area contributed by atoms with E-state index in [9.17, 15) is 0 Å². The van der Waals surface area contributed by atoms with Crippen LogP contribution in [0, 0.1) is 0 Å². The molecule has 0 heterocycles. The Morgan fingerprint density at radius 2 is 1.75 bits per heavy atom. The van der Waals surface area contributed by atoms with E-state index in [1.165, 1.54) is 0 Å². The summed E-state index contributed by atoms with van der Waals surface area (Å²) in [5.74, 6) is 0. The van der Waals surface area contributed by atoms with Gasteiger partial charge in [-0.1, -0.05) is 22.6 Å². The lowest BCUT2D eigenvalue weighted by Gasteiger charge is -2.20. The number of alkyl halides is 1. The molecule has 0 radical (unpaired) electrons. The minimum atomic E-state index is 0.418. The van der Waals surface area contributed by atoms with E-state index >= 15 is 0 Å². The summed E-state index contributed by atoms with van der Waals surface area (Å²) in [7, 11) is 4.20. The first-order valence-electron chi connectivity index (χ1n) is 2.75. The van der Waals surface area contributed by atoms with Crippen LogP contribution in [0.15, 0.2) is 0 Å². The summed E-state index contributed by atoms with van der Waals surface area (Å²) in [6.07, 6.45) is 0. The number of rotatable bonds is 2. The van der Waals surface area contributed by atoms with Crippen LogP contribution in [-0.2, 0) is 0 Å². The topological polar surface area (TPSA) is 3.24 Å². The molecule has 8 heavy (non-hydrogen) atoms. The summed E-state index contributed by atoms with van der Waals surface area (Å²) in [6.45, 7) is 5.61. The van der Waals surface area contributed by atoms with E-state index in [-0.39, 0.29) is 0 Å². The molecule has 1 nitrogen and oxygen atoms in total. The van der Waals surface area contributed by atoms with Crippen LogP contribution in [0.4, 0.5) is 0 Å². The van der Waals surface area contributed by atoms with Crippen molar-refractivity contribution in [1.82, 2.24) is 4.90 Å². The van der Waals surface area contributed by atoms with Gasteiger partial charge < -0.3 is 4.90 Å². The summed E-state index contributed by atoms with van der Waals surface area (Å²) in [5.41, 5.74) is 0. The summed E-state index contributed by atoms with van der Waals surface area (Å²) in [4.78, 5) is 2.20. The van der Waals surface area contributed by atoms with E-state index in [1.807, 2.05) is 0 Å². The minimum Gasteiger partial charge on any atom is -0.308 e. The molecule has 50 valence electrons. The zero-order chi connectivity index (χ0) is 6.78. The number of hydrogen-bond donors (Lipinski definition) is 0. The first-order chi connectivity index (χ1) is 3.42. The van der Waals surface area contributed by atoms with Crippen molar-refractivity contribution in [3.05, 3.63) is 0 Å². The van der Waals surface area contributed by atoms with E-state index < -0.39 is 0 Å². The molecule has 0 rings (SSSR count). The minimum absolute atomic E-state index is 0.418. The van der Waals surface area contributed by atoms with Crippen molar-refractivity contribution < 1.29 is 0 Å². The van der Waals surface area contributed by atoms with Crippen LogP contribution in [-0.4, -0.2) is 29.0 Å². The number of halogens is 1. The highest BCUT2D eigenvalue weighted by Gasteiger charge is 2.12. The molecular weight excluding hydrogens is 213 g/mol. The number of hydrogen-bond acceptors (Lipinski definition) is 1. The fraction of sp³-hybridized carbons (Fsp3) is 1.00. The lowest BCUT2D eigenvalue weighted by atomic mass is 10.2. The third kappa shape index (κ3) is 6.69. The molecule has 0 spiro atoms. The second kappa shape index (κ2) is 3.01. The Balaban J connectivity index is 3.39. The molecule has 0 bridgehead atoms. The van der Waals surface area contributed by atoms with Gasteiger partial charge in [0.25, 0.3) is 0 Å². The maximum Gasteiger partial charge on any atom is 0.0292 e. The van der Waals surface area contributed by atoms with Crippen LogP contribution in [0.2, 0.25) is 0 Å². The molecule has 0 aromatic heterocycles. The standard InChI is InChI=1S/C6H14IN/c1-6(2,7)5-8(3)4/h5H2,1-4H3. The van der Waals surface area contributed by atoms with Gasteiger partial charge in [0, 0.05) is 9.97 Å². The Hall–Kier alpha value is 0.690. The maximum atomic E-state index is 2.45. The monoisotopic (exact) mass is 227 g/mol. The first-order valence-corrected chi connectivity index (χ1v) is 3.83. The summed E-state index contributed by atoms with van der Waals surface area (Å²) in [6, 6.07) is 0. The Kier molecular flexibility index (Phi) is 3.27. The SMILES string of the molecule is CN(C)CC(C)(C)I. The van der Waals surface area contributed by atoms with Crippen molar-refractivity contribution in [2.45, 2.75) is 17.3 Å². The van der Waals surface area contributed by atoms with Crippen LogP contribution in [0.3, 0.4) is 0 Å². The average Bonchev–Trinajstić information content (AvgIpc) is 1.21. The fourth-order valence-corrected chi connectivity index (χ4v) is 1.43. The Bertz CT molecular complexity index is 63.4. The average molecular weight is 227 g/mol. The lowest BCUT2D eigenvalue weighted by molar-refractivity contribution is 0.381. The molecule has 0 aliphatic rings. The van der Waals surface area contributed by atoms with Gasteiger partial charge in [0.15, 0.2) is 0 Å². The van der Waals surface area contributed by atoms with Crippen molar-refractivity contribution in [3.63, 3.8) is 0 Å². The van der Waals surface area contributed by atoms with Gasteiger partial charge in [-0.05, 0) is 27.9 Å². The normalized spacial score (nSPS) is 12.8. The zero-order valence-corrected chi connectivity index (χ0v) is 8.19. The van der Waals surface area contributed by atoms with Gasteiger partial charge in [0.2, 0.25) is 0 Å². The smallest absolute Gasteiger partial charge is 0.0292 e. The molecule has 0 atom stereocenters. The molecule has 0 aromatic rings. The van der Waals surface area contributed by atoms with Crippen LogP contribution >= 0.6 is 22.6 Å². The predicted octanol–water partition coefficient (Wildman–Crippen LogP) is 1.76. The molecule has 0 aromatic carbocycles. The van der Waals surface area contributed by atoms with E-state index in [0.29, 0.717) is 3.42 Å². The first kappa shape index (κ1) is 8.69. The second-order valence-electron chi connectivity index (χ2n) is 2.96. The Morgan fingerprint density at radius 3 is 1.75 bits per heavy atom. The molecule has 0 aliphatic heterocycles. The van der Waals surface area contributed by atoms with Crippen LogP contribution in [0.25, 0.3) is 0 Å². The number of nitrogens with zero attached hydrogens (tertiary/aromatic N) is 1. The molecule has 0 aliphatic carbocycles. The largest absolute Gasteiger partial charge is 0.308 e. The van der Waals surface area contributed by atoms with E-state index in [2.05, 4.69) is 55.4 Å². The molecule has 0 fully saturated rings. The zero-order valence-electron chi connectivity index (χ0n) is 6.03. The summed E-state index contributed by atoms with van der Waals surface area (Å²) < 4.78 is 0.418.